The summed E-state index contributed by atoms with van der Waals surface area (Å²) >= 11 is 0. The van der Waals surface area contributed by atoms with Gasteiger partial charge in [0.2, 0.25) is 5.91 Å². The monoisotopic (exact) mass is 259 g/mol. The molecule has 1 unspecified atom stereocenters. The van der Waals surface area contributed by atoms with Crippen molar-refractivity contribution in [2.75, 3.05) is 33.4 Å². The molecule has 0 aromatic heterocycles. The fourth-order valence-electron chi connectivity index (χ4n) is 1.61. The molecule has 18 heavy (non-hydrogen) atoms. The summed E-state index contributed by atoms with van der Waals surface area (Å²) < 4.78 is 5.15. The number of carbonyl (C=O) groups excluding carboxylic acids is 2. The van der Waals surface area contributed by atoms with Crippen LogP contribution in [0.5, 0.6) is 0 Å². The minimum absolute atomic E-state index is 0.0337. The van der Waals surface area contributed by atoms with Crippen molar-refractivity contribution in [1.82, 2.24) is 15.5 Å². The quantitative estimate of drug-likeness (QED) is 0.576. The Bertz CT molecular complexity index is 333. The molecule has 1 aliphatic heterocycles. The standard InChI is InChI=1S/C10H17N3O5/c1-11-9(16)7-6-18-5-4-13(7)10(17)12-3-2-8(14)15/h7H,2-6H2,1H3,(H,11,16)(H,12,17)(H,14,15). The Morgan fingerprint density at radius 2 is 2.17 bits per heavy atom. The predicted octanol–water partition coefficient (Wildman–Crippen LogP) is -1.38. The third-order valence-electron chi connectivity index (χ3n) is 2.55. The lowest BCUT2D eigenvalue weighted by Crippen LogP contribution is -2.58. The minimum Gasteiger partial charge on any atom is -0.481 e. The zero-order valence-electron chi connectivity index (χ0n) is 10.1. The average molecular weight is 259 g/mol. The van der Waals surface area contributed by atoms with Crippen molar-refractivity contribution in [3.05, 3.63) is 0 Å². The highest BCUT2D eigenvalue weighted by molar-refractivity contribution is 5.87. The maximum absolute atomic E-state index is 11.8. The van der Waals surface area contributed by atoms with Crippen molar-refractivity contribution < 1.29 is 24.2 Å². The first-order chi connectivity index (χ1) is 8.56. The van der Waals surface area contributed by atoms with E-state index in [0.717, 1.165) is 0 Å². The number of nitrogens with zero attached hydrogens (tertiary/aromatic N) is 1. The number of rotatable bonds is 4. The fourth-order valence-corrected chi connectivity index (χ4v) is 1.61. The Balaban J connectivity index is 2.52. The van der Waals surface area contributed by atoms with Gasteiger partial charge in [-0.15, -0.1) is 0 Å². The van der Waals surface area contributed by atoms with Crippen LogP contribution in [-0.2, 0) is 14.3 Å². The summed E-state index contributed by atoms with van der Waals surface area (Å²) in [5.74, 6) is -1.29. The predicted molar refractivity (Wildman–Crippen MR) is 61.0 cm³/mol. The number of hydrogen-bond acceptors (Lipinski definition) is 4. The molecule has 8 nitrogen and oxygen atoms in total. The molecule has 8 heteroatoms. The number of morpholine rings is 1. The van der Waals surface area contributed by atoms with E-state index in [4.69, 9.17) is 9.84 Å². The Morgan fingerprint density at radius 3 is 2.78 bits per heavy atom. The van der Waals surface area contributed by atoms with E-state index in [1.807, 2.05) is 0 Å². The lowest BCUT2D eigenvalue weighted by molar-refractivity contribution is -0.137. The number of urea groups is 1. The highest BCUT2D eigenvalue weighted by Crippen LogP contribution is 2.07. The molecule has 0 radical (unpaired) electrons. The van der Waals surface area contributed by atoms with E-state index < -0.39 is 18.0 Å². The number of amides is 3. The second kappa shape index (κ2) is 6.80. The molecular formula is C10H17N3O5. The molecule has 0 aliphatic carbocycles. The maximum atomic E-state index is 11.8. The fraction of sp³-hybridized carbons (Fsp3) is 0.700. The van der Waals surface area contributed by atoms with Crippen LogP contribution in [0.4, 0.5) is 4.79 Å². The van der Waals surface area contributed by atoms with E-state index in [9.17, 15) is 14.4 Å². The summed E-state index contributed by atoms with van der Waals surface area (Å²) in [5.41, 5.74) is 0. The Hall–Kier alpha value is -1.83. The van der Waals surface area contributed by atoms with Gasteiger partial charge in [-0.05, 0) is 0 Å². The van der Waals surface area contributed by atoms with Gasteiger partial charge in [0.05, 0.1) is 19.6 Å². The van der Waals surface area contributed by atoms with Crippen LogP contribution < -0.4 is 10.6 Å². The SMILES string of the molecule is CNC(=O)C1COCCN1C(=O)NCCC(=O)O. The maximum Gasteiger partial charge on any atom is 0.318 e. The van der Waals surface area contributed by atoms with Crippen molar-refractivity contribution in [3.8, 4) is 0 Å². The van der Waals surface area contributed by atoms with Gasteiger partial charge in [0.25, 0.3) is 0 Å². The highest BCUT2D eigenvalue weighted by atomic mass is 16.5. The molecule has 1 heterocycles. The lowest BCUT2D eigenvalue weighted by atomic mass is 10.2. The van der Waals surface area contributed by atoms with E-state index >= 15 is 0 Å². The first-order valence-electron chi connectivity index (χ1n) is 5.62. The van der Waals surface area contributed by atoms with E-state index in [1.165, 1.54) is 11.9 Å². The van der Waals surface area contributed by atoms with E-state index in [1.54, 1.807) is 0 Å². The summed E-state index contributed by atoms with van der Waals surface area (Å²) in [4.78, 5) is 35.0. The molecule has 0 spiro atoms. The zero-order valence-corrected chi connectivity index (χ0v) is 10.1. The molecule has 1 saturated heterocycles. The molecule has 0 bridgehead atoms. The zero-order chi connectivity index (χ0) is 13.5. The smallest absolute Gasteiger partial charge is 0.318 e. The van der Waals surface area contributed by atoms with Gasteiger partial charge in [0, 0.05) is 20.1 Å². The molecule has 0 aromatic rings. The van der Waals surface area contributed by atoms with Gasteiger partial charge in [-0.2, -0.15) is 0 Å². The Kier molecular flexibility index (Phi) is 5.37. The van der Waals surface area contributed by atoms with Gasteiger partial charge in [-0.1, -0.05) is 0 Å². The first-order valence-corrected chi connectivity index (χ1v) is 5.62. The molecule has 0 saturated carbocycles. The number of nitrogens with one attached hydrogen (secondary N) is 2. The van der Waals surface area contributed by atoms with Gasteiger partial charge in [0.15, 0.2) is 0 Å². The Labute approximate surface area is 104 Å². The van der Waals surface area contributed by atoms with E-state index in [0.29, 0.717) is 13.2 Å². The van der Waals surface area contributed by atoms with Crippen LogP contribution in [0.1, 0.15) is 6.42 Å². The van der Waals surface area contributed by atoms with Gasteiger partial charge >= 0.3 is 12.0 Å². The third kappa shape index (κ3) is 3.88. The molecular weight excluding hydrogens is 242 g/mol. The first kappa shape index (κ1) is 14.2. The Morgan fingerprint density at radius 1 is 1.44 bits per heavy atom. The topological polar surface area (TPSA) is 108 Å². The highest BCUT2D eigenvalue weighted by Gasteiger charge is 2.32. The van der Waals surface area contributed by atoms with Gasteiger partial charge in [-0.25, -0.2) is 4.79 Å². The number of ether oxygens (including phenoxy) is 1. The van der Waals surface area contributed by atoms with Crippen LogP contribution in [0.3, 0.4) is 0 Å². The number of carboxylic acids is 1. The molecule has 3 amide bonds. The number of hydrogen-bond donors (Lipinski definition) is 3. The lowest BCUT2D eigenvalue weighted by Gasteiger charge is -2.34. The van der Waals surface area contributed by atoms with Crippen LogP contribution in [-0.4, -0.2) is 67.3 Å². The van der Waals surface area contributed by atoms with Crippen LogP contribution in [0, 0.1) is 0 Å². The van der Waals surface area contributed by atoms with Crippen molar-refractivity contribution in [3.63, 3.8) is 0 Å². The largest absolute Gasteiger partial charge is 0.481 e. The summed E-state index contributed by atoms with van der Waals surface area (Å²) in [6.45, 7) is 0.842. The van der Waals surface area contributed by atoms with Crippen molar-refractivity contribution in [1.29, 1.82) is 0 Å². The third-order valence-corrected chi connectivity index (χ3v) is 2.55. The molecule has 1 fully saturated rings. The van der Waals surface area contributed by atoms with Gasteiger partial charge in [-0.3, -0.25) is 9.59 Å². The summed E-state index contributed by atoms with van der Waals surface area (Å²) in [6.07, 6.45) is -0.152. The van der Waals surface area contributed by atoms with Gasteiger partial charge < -0.3 is 25.4 Å². The molecule has 0 aromatic carbocycles. The molecule has 1 rings (SSSR count). The molecule has 1 atom stereocenters. The van der Waals surface area contributed by atoms with Crippen LogP contribution >= 0.6 is 0 Å². The summed E-state index contributed by atoms with van der Waals surface area (Å²) in [5, 5.41) is 13.4. The van der Waals surface area contributed by atoms with Crippen LogP contribution in [0.2, 0.25) is 0 Å². The molecule has 1 aliphatic rings. The average Bonchev–Trinajstić information content (AvgIpc) is 2.37. The van der Waals surface area contributed by atoms with Crippen LogP contribution in [0.25, 0.3) is 0 Å². The van der Waals surface area contributed by atoms with Crippen molar-refractivity contribution in [2.24, 2.45) is 0 Å². The minimum atomic E-state index is -0.986. The summed E-state index contributed by atoms with van der Waals surface area (Å²) in [6, 6.07) is -1.12. The molecule has 102 valence electrons. The van der Waals surface area contributed by atoms with E-state index in [-0.39, 0.29) is 25.5 Å². The summed E-state index contributed by atoms with van der Waals surface area (Å²) in [7, 11) is 1.48. The normalized spacial score (nSPS) is 19.2. The number of carboxylic acid groups (broad SMARTS) is 1. The number of aliphatic carboxylic acids is 1. The van der Waals surface area contributed by atoms with Crippen LogP contribution in [0.15, 0.2) is 0 Å². The van der Waals surface area contributed by atoms with Crippen molar-refractivity contribution >= 4 is 17.9 Å². The molecule has 3 N–H and O–H groups in total. The number of likely N-dealkylation sites (N-methyl/N-ethyl adjacent to an activating group) is 1. The number of carbonyl (C=O) groups is 3. The van der Waals surface area contributed by atoms with E-state index in [2.05, 4.69) is 10.6 Å². The van der Waals surface area contributed by atoms with Crippen molar-refractivity contribution in [2.45, 2.75) is 12.5 Å². The second-order valence-corrected chi connectivity index (χ2v) is 3.77. The van der Waals surface area contributed by atoms with Gasteiger partial charge in [0.1, 0.15) is 6.04 Å². The second-order valence-electron chi connectivity index (χ2n) is 3.77.